The summed E-state index contributed by atoms with van der Waals surface area (Å²) in [4.78, 5) is 18.9. The summed E-state index contributed by atoms with van der Waals surface area (Å²) < 4.78 is 0. The van der Waals surface area contributed by atoms with Gasteiger partial charge in [-0.2, -0.15) is 0 Å². The largest absolute Gasteiger partial charge is 0.363 e. The smallest absolute Gasteiger partial charge is 0.274 e. The number of rotatable bonds is 4. The lowest BCUT2D eigenvalue weighted by Crippen LogP contribution is -2.07. The third kappa shape index (κ3) is 3.03. The molecule has 1 aromatic heterocycles. The Morgan fingerprint density at radius 3 is 2.60 bits per heavy atom. The summed E-state index contributed by atoms with van der Waals surface area (Å²) >= 11 is 6.00. The van der Waals surface area contributed by atoms with E-state index in [4.69, 9.17) is 11.6 Å². The molecular weight excluding hydrogens is 280 g/mol. The predicted octanol–water partition coefficient (Wildman–Crippen LogP) is 3.27. The average molecular weight is 293 g/mol. The van der Waals surface area contributed by atoms with E-state index in [0.29, 0.717) is 11.4 Å². The molecule has 20 heavy (non-hydrogen) atoms. The van der Waals surface area contributed by atoms with Crippen molar-refractivity contribution in [3.63, 3.8) is 0 Å². The molecule has 0 unspecified atom stereocenters. The van der Waals surface area contributed by atoms with Crippen molar-refractivity contribution >= 4 is 23.1 Å². The molecule has 0 aliphatic rings. The van der Waals surface area contributed by atoms with Gasteiger partial charge in [-0.1, -0.05) is 29.8 Å². The molecule has 2 rings (SSSR count). The molecule has 0 fully saturated rings. The number of nitro benzene ring substituents is 1. The van der Waals surface area contributed by atoms with Crippen LogP contribution in [0.5, 0.6) is 0 Å². The molecule has 0 amide bonds. The van der Waals surface area contributed by atoms with Gasteiger partial charge in [0, 0.05) is 18.2 Å². The fourth-order valence-electron chi connectivity index (χ4n) is 1.71. The Morgan fingerprint density at radius 2 is 1.90 bits per heavy atom. The van der Waals surface area contributed by atoms with E-state index in [2.05, 4.69) is 15.3 Å². The number of para-hydroxylation sites is 1. The van der Waals surface area contributed by atoms with Gasteiger partial charge in [0.1, 0.15) is 0 Å². The highest BCUT2D eigenvalue weighted by molar-refractivity contribution is 6.31. The molecule has 1 heterocycles. The third-order valence-corrected chi connectivity index (χ3v) is 3.16. The van der Waals surface area contributed by atoms with Crippen molar-refractivity contribution in [2.75, 3.05) is 5.32 Å². The molecule has 0 aliphatic carbocycles. The normalized spacial score (nSPS) is 10.3. The Kier molecular flexibility index (Phi) is 4.14. The number of nitro groups is 1. The fourth-order valence-corrected chi connectivity index (χ4v) is 1.94. The number of hydrogen-bond donors (Lipinski definition) is 1. The molecule has 2 aromatic rings. The summed E-state index contributed by atoms with van der Waals surface area (Å²) in [6.07, 6.45) is 0. The highest BCUT2D eigenvalue weighted by Gasteiger charge is 2.13. The molecule has 0 saturated carbocycles. The highest BCUT2D eigenvalue weighted by atomic mass is 35.5. The maximum absolute atomic E-state index is 10.9. The zero-order valence-electron chi connectivity index (χ0n) is 11.1. The molecule has 0 radical (unpaired) electrons. The van der Waals surface area contributed by atoms with Gasteiger partial charge in [-0.3, -0.25) is 10.1 Å². The van der Waals surface area contributed by atoms with Crippen LogP contribution in [0.2, 0.25) is 5.15 Å². The summed E-state index contributed by atoms with van der Waals surface area (Å²) in [6.45, 7) is 3.91. The Morgan fingerprint density at radius 1 is 1.25 bits per heavy atom. The average Bonchev–Trinajstić information content (AvgIpc) is 2.41. The van der Waals surface area contributed by atoms with Gasteiger partial charge in [-0.15, -0.1) is 0 Å². The summed E-state index contributed by atoms with van der Waals surface area (Å²) in [5, 5.41) is 14.2. The van der Waals surface area contributed by atoms with Crippen molar-refractivity contribution in [1.82, 2.24) is 9.97 Å². The molecule has 1 N–H and O–H groups in total. The summed E-state index contributed by atoms with van der Waals surface area (Å²) in [7, 11) is 0. The van der Waals surface area contributed by atoms with E-state index < -0.39 is 4.92 Å². The molecule has 0 atom stereocenters. The SMILES string of the molecule is Cc1nc(Cl)c(NCc2ccccc2[N+](=O)[O-])nc1C. The molecule has 104 valence electrons. The number of aryl methyl sites for hydroxylation is 2. The fraction of sp³-hybridized carbons (Fsp3) is 0.231. The van der Waals surface area contributed by atoms with E-state index in [9.17, 15) is 10.1 Å². The van der Waals surface area contributed by atoms with Crippen LogP contribution in [-0.2, 0) is 6.54 Å². The number of nitrogens with zero attached hydrogens (tertiary/aromatic N) is 3. The summed E-state index contributed by atoms with van der Waals surface area (Å²) in [5.74, 6) is 0.424. The number of nitrogens with one attached hydrogen (secondary N) is 1. The molecule has 6 nitrogen and oxygen atoms in total. The first-order valence-corrected chi connectivity index (χ1v) is 6.33. The van der Waals surface area contributed by atoms with E-state index >= 15 is 0 Å². The number of hydrogen-bond acceptors (Lipinski definition) is 5. The maximum Gasteiger partial charge on any atom is 0.274 e. The molecular formula is C13H13ClN4O2. The minimum Gasteiger partial charge on any atom is -0.363 e. The van der Waals surface area contributed by atoms with Crippen molar-refractivity contribution in [3.05, 3.63) is 56.5 Å². The van der Waals surface area contributed by atoms with Gasteiger partial charge >= 0.3 is 0 Å². The highest BCUT2D eigenvalue weighted by Crippen LogP contribution is 2.22. The van der Waals surface area contributed by atoms with Crippen LogP contribution in [0.3, 0.4) is 0 Å². The van der Waals surface area contributed by atoms with Crippen LogP contribution in [0.1, 0.15) is 17.0 Å². The van der Waals surface area contributed by atoms with Crippen LogP contribution in [-0.4, -0.2) is 14.9 Å². The second kappa shape index (κ2) is 5.83. The number of benzene rings is 1. The van der Waals surface area contributed by atoms with Crippen molar-refractivity contribution in [3.8, 4) is 0 Å². The van der Waals surface area contributed by atoms with Crippen molar-refractivity contribution in [2.45, 2.75) is 20.4 Å². The van der Waals surface area contributed by atoms with Gasteiger partial charge in [-0.25, -0.2) is 9.97 Å². The molecule has 0 saturated heterocycles. The zero-order chi connectivity index (χ0) is 14.7. The van der Waals surface area contributed by atoms with Gasteiger partial charge in [0.2, 0.25) is 0 Å². The van der Waals surface area contributed by atoms with E-state index in [1.165, 1.54) is 6.07 Å². The van der Waals surface area contributed by atoms with Gasteiger partial charge in [0.05, 0.1) is 16.3 Å². The van der Waals surface area contributed by atoms with E-state index in [-0.39, 0.29) is 17.4 Å². The lowest BCUT2D eigenvalue weighted by Gasteiger charge is -2.09. The minimum absolute atomic E-state index is 0.0629. The van der Waals surface area contributed by atoms with Crippen molar-refractivity contribution in [1.29, 1.82) is 0 Å². The van der Waals surface area contributed by atoms with Gasteiger partial charge < -0.3 is 5.32 Å². The second-order valence-electron chi connectivity index (χ2n) is 4.27. The molecule has 0 spiro atoms. The van der Waals surface area contributed by atoms with Crippen LogP contribution < -0.4 is 5.32 Å². The van der Waals surface area contributed by atoms with Crippen LogP contribution in [0.25, 0.3) is 0 Å². The van der Waals surface area contributed by atoms with Crippen molar-refractivity contribution < 1.29 is 4.92 Å². The third-order valence-electron chi connectivity index (χ3n) is 2.90. The van der Waals surface area contributed by atoms with E-state index in [0.717, 1.165) is 11.4 Å². The van der Waals surface area contributed by atoms with Gasteiger partial charge in [0.15, 0.2) is 11.0 Å². The Balaban J connectivity index is 2.21. The van der Waals surface area contributed by atoms with Gasteiger partial charge in [0.25, 0.3) is 5.69 Å². The Labute approximate surface area is 121 Å². The minimum atomic E-state index is -0.412. The zero-order valence-corrected chi connectivity index (χ0v) is 11.8. The quantitative estimate of drug-likeness (QED) is 0.691. The molecule has 0 bridgehead atoms. The van der Waals surface area contributed by atoms with Crippen LogP contribution in [0, 0.1) is 24.0 Å². The molecule has 1 aromatic carbocycles. The maximum atomic E-state index is 10.9. The monoisotopic (exact) mass is 292 g/mol. The second-order valence-corrected chi connectivity index (χ2v) is 4.63. The first kappa shape index (κ1) is 14.2. The van der Waals surface area contributed by atoms with Gasteiger partial charge in [-0.05, 0) is 13.8 Å². The van der Waals surface area contributed by atoms with E-state index in [1.54, 1.807) is 18.2 Å². The van der Waals surface area contributed by atoms with E-state index in [1.807, 2.05) is 13.8 Å². The first-order valence-electron chi connectivity index (χ1n) is 5.96. The predicted molar refractivity (Wildman–Crippen MR) is 76.9 cm³/mol. The standard InChI is InChI=1S/C13H13ClN4O2/c1-8-9(2)17-13(12(14)16-8)15-7-10-5-3-4-6-11(10)18(19)20/h3-6H,7H2,1-2H3,(H,15,17). The van der Waals surface area contributed by atoms with Crippen LogP contribution in [0.15, 0.2) is 24.3 Å². The van der Waals surface area contributed by atoms with Crippen molar-refractivity contribution in [2.24, 2.45) is 0 Å². The lowest BCUT2D eigenvalue weighted by atomic mass is 10.2. The Hall–Kier alpha value is -2.21. The lowest BCUT2D eigenvalue weighted by molar-refractivity contribution is -0.385. The Bertz CT molecular complexity index is 661. The summed E-state index contributed by atoms with van der Waals surface area (Å²) in [6, 6.07) is 6.53. The van der Waals surface area contributed by atoms with Crippen LogP contribution >= 0.6 is 11.6 Å². The van der Waals surface area contributed by atoms with Crippen LogP contribution in [0.4, 0.5) is 11.5 Å². The topological polar surface area (TPSA) is 81.0 Å². The first-order chi connectivity index (χ1) is 9.49. The molecule has 7 heteroatoms. The summed E-state index contributed by atoms with van der Waals surface area (Å²) in [5.41, 5.74) is 2.15. The molecule has 0 aliphatic heterocycles. The number of anilines is 1. The number of aromatic nitrogens is 2. The number of halogens is 1.